The van der Waals surface area contributed by atoms with Crippen LogP contribution in [0.3, 0.4) is 0 Å². The number of esters is 1. The fourth-order valence-electron chi connectivity index (χ4n) is 2.62. The Hall–Kier alpha value is -2.54. The first-order valence-corrected chi connectivity index (χ1v) is 9.54. The van der Waals surface area contributed by atoms with Crippen molar-refractivity contribution in [1.29, 1.82) is 0 Å². The van der Waals surface area contributed by atoms with Gasteiger partial charge in [-0.1, -0.05) is 17.7 Å². The molecule has 1 N–H and O–H groups in total. The second-order valence-corrected chi connectivity index (χ2v) is 7.14. The van der Waals surface area contributed by atoms with Crippen LogP contribution in [-0.2, 0) is 9.53 Å². The second kappa shape index (κ2) is 8.90. The van der Waals surface area contributed by atoms with Gasteiger partial charge in [0.15, 0.2) is 5.78 Å². The first-order chi connectivity index (χ1) is 12.7. The van der Waals surface area contributed by atoms with Crippen LogP contribution in [0.2, 0.25) is 0 Å². The van der Waals surface area contributed by atoms with Crippen molar-refractivity contribution in [3.63, 3.8) is 0 Å². The number of carbonyl (C=O) groups is 3. The standard InChI is InChI=1S/C20H23NO5S/c1-6-25-20(24)18-17(13(4)22)14(5)26-19(18)21-16(23)10-27-15-9-11(2)7-8-12(15)3/h7-9H,6,10H2,1-5H3,(H,21,23). The number of furan rings is 1. The highest BCUT2D eigenvalue weighted by Crippen LogP contribution is 2.29. The van der Waals surface area contributed by atoms with Gasteiger partial charge in [-0.15, -0.1) is 11.8 Å². The van der Waals surface area contributed by atoms with Gasteiger partial charge in [0.1, 0.15) is 11.3 Å². The highest BCUT2D eigenvalue weighted by atomic mass is 32.2. The molecule has 1 aromatic heterocycles. The zero-order chi connectivity index (χ0) is 20.1. The van der Waals surface area contributed by atoms with Gasteiger partial charge in [-0.2, -0.15) is 0 Å². The van der Waals surface area contributed by atoms with Crippen LogP contribution in [0.5, 0.6) is 0 Å². The Morgan fingerprint density at radius 3 is 2.48 bits per heavy atom. The molecule has 1 amide bonds. The summed E-state index contributed by atoms with van der Waals surface area (Å²) in [5.74, 6) is -1.01. The Bertz CT molecular complexity index is 885. The maximum Gasteiger partial charge on any atom is 0.344 e. The fourth-order valence-corrected chi connectivity index (χ4v) is 3.55. The van der Waals surface area contributed by atoms with Gasteiger partial charge in [-0.05, 0) is 46.2 Å². The number of ketones is 1. The molecule has 144 valence electrons. The number of rotatable bonds is 7. The smallest absolute Gasteiger partial charge is 0.344 e. The van der Waals surface area contributed by atoms with Crippen LogP contribution in [0.15, 0.2) is 27.5 Å². The van der Waals surface area contributed by atoms with E-state index in [4.69, 9.17) is 9.15 Å². The Morgan fingerprint density at radius 1 is 1.15 bits per heavy atom. The lowest BCUT2D eigenvalue weighted by atomic mass is 10.1. The van der Waals surface area contributed by atoms with Crippen LogP contribution < -0.4 is 5.32 Å². The molecule has 0 bridgehead atoms. The van der Waals surface area contributed by atoms with E-state index in [1.807, 2.05) is 32.0 Å². The van der Waals surface area contributed by atoms with Crippen molar-refractivity contribution in [3.8, 4) is 0 Å². The lowest BCUT2D eigenvalue weighted by molar-refractivity contribution is -0.113. The highest BCUT2D eigenvalue weighted by Gasteiger charge is 2.28. The molecular formula is C20H23NO5S. The first-order valence-electron chi connectivity index (χ1n) is 8.55. The number of thioether (sulfide) groups is 1. The van der Waals surface area contributed by atoms with Crippen LogP contribution in [0.25, 0.3) is 0 Å². The summed E-state index contributed by atoms with van der Waals surface area (Å²) < 4.78 is 10.5. The van der Waals surface area contributed by atoms with Gasteiger partial charge in [0.05, 0.1) is 17.9 Å². The average Bonchev–Trinajstić information content (AvgIpc) is 2.92. The van der Waals surface area contributed by atoms with Crippen LogP contribution in [0, 0.1) is 20.8 Å². The summed E-state index contributed by atoms with van der Waals surface area (Å²) >= 11 is 1.39. The third-order valence-electron chi connectivity index (χ3n) is 3.87. The minimum absolute atomic E-state index is 0.0352. The molecule has 0 atom stereocenters. The summed E-state index contributed by atoms with van der Waals surface area (Å²) in [6, 6.07) is 6.03. The third kappa shape index (κ3) is 5.01. The van der Waals surface area contributed by atoms with Gasteiger partial charge >= 0.3 is 5.97 Å². The Labute approximate surface area is 162 Å². The number of nitrogens with one attached hydrogen (secondary N) is 1. The maximum absolute atomic E-state index is 12.4. The van der Waals surface area contributed by atoms with E-state index in [2.05, 4.69) is 5.32 Å². The number of carbonyl (C=O) groups excluding carboxylic acids is 3. The third-order valence-corrected chi connectivity index (χ3v) is 5.03. The topological polar surface area (TPSA) is 85.6 Å². The molecule has 1 aromatic carbocycles. The van der Waals surface area contributed by atoms with Crippen molar-refractivity contribution < 1.29 is 23.5 Å². The molecule has 0 aliphatic heterocycles. The zero-order valence-electron chi connectivity index (χ0n) is 16.1. The molecule has 0 aliphatic carbocycles. The largest absolute Gasteiger partial charge is 0.462 e. The van der Waals surface area contributed by atoms with E-state index in [9.17, 15) is 14.4 Å². The summed E-state index contributed by atoms with van der Waals surface area (Å²) in [4.78, 5) is 37.5. The highest BCUT2D eigenvalue weighted by molar-refractivity contribution is 8.00. The van der Waals surface area contributed by atoms with Crippen LogP contribution in [0.4, 0.5) is 5.88 Å². The number of hydrogen-bond acceptors (Lipinski definition) is 6. The molecule has 7 heteroatoms. The molecule has 2 aromatic rings. The summed E-state index contributed by atoms with van der Waals surface area (Å²) in [5.41, 5.74) is 2.29. The van der Waals surface area contributed by atoms with Gasteiger partial charge in [-0.3, -0.25) is 14.9 Å². The van der Waals surface area contributed by atoms with Crippen LogP contribution in [0.1, 0.15) is 51.5 Å². The van der Waals surface area contributed by atoms with Gasteiger partial charge in [0.25, 0.3) is 0 Å². The molecule has 6 nitrogen and oxygen atoms in total. The second-order valence-electron chi connectivity index (χ2n) is 6.12. The van der Waals surface area contributed by atoms with E-state index in [-0.39, 0.29) is 46.8 Å². The van der Waals surface area contributed by atoms with Gasteiger partial charge in [0.2, 0.25) is 11.8 Å². The average molecular weight is 389 g/mol. The maximum atomic E-state index is 12.4. The quantitative estimate of drug-likeness (QED) is 0.431. The molecule has 2 rings (SSSR count). The first kappa shape index (κ1) is 20.8. The molecule has 27 heavy (non-hydrogen) atoms. The fraction of sp³-hybridized carbons (Fsp3) is 0.350. The Morgan fingerprint density at radius 2 is 1.85 bits per heavy atom. The lowest BCUT2D eigenvalue weighted by Gasteiger charge is -2.08. The zero-order valence-corrected chi connectivity index (χ0v) is 16.9. The molecule has 0 spiro atoms. The monoisotopic (exact) mass is 389 g/mol. The van der Waals surface area contributed by atoms with E-state index < -0.39 is 5.97 Å². The number of Topliss-reactive ketones (excluding diaryl/α,β-unsaturated/α-hetero) is 1. The SMILES string of the molecule is CCOC(=O)c1c(NC(=O)CSc2cc(C)ccc2C)oc(C)c1C(C)=O. The summed E-state index contributed by atoms with van der Waals surface area (Å²) in [6.07, 6.45) is 0. The summed E-state index contributed by atoms with van der Waals surface area (Å²) in [5, 5.41) is 2.59. The Balaban J connectivity index is 2.19. The molecule has 0 saturated carbocycles. The van der Waals surface area contributed by atoms with Gasteiger partial charge < -0.3 is 9.15 Å². The summed E-state index contributed by atoms with van der Waals surface area (Å²) in [6.45, 7) is 8.69. The number of hydrogen-bond donors (Lipinski definition) is 1. The number of benzene rings is 1. The van der Waals surface area contributed by atoms with Crippen molar-refractivity contribution >= 4 is 35.3 Å². The lowest BCUT2D eigenvalue weighted by Crippen LogP contribution is -2.17. The van der Waals surface area contributed by atoms with Crippen molar-refractivity contribution in [3.05, 3.63) is 46.2 Å². The molecule has 0 unspecified atom stereocenters. The van der Waals surface area contributed by atoms with Crippen molar-refractivity contribution in [2.75, 3.05) is 17.7 Å². The number of anilines is 1. The molecule has 0 fully saturated rings. The predicted molar refractivity (Wildman–Crippen MR) is 105 cm³/mol. The van der Waals surface area contributed by atoms with E-state index in [1.165, 1.54) is 18.7 Å². The van der Waals surface area contributed by atoms with Crippen molar-refractivity contribution in [1.82, 2.24) is 0 Å². The molecule has 0 radical (unpaired) electrons. The number of amides is 1. The molecule has 0 aliphatic rings. The summed E-state index contributed by atoms with van der Waals surface area (Å²) in [7, 11) is 0. The van der Waals surface area contributed by atoms with Crippen molar-refractivity contribution in [2.24, 2.45) is 0 Å². The van der Waals surface area contributed by atoms with Gasteiger partial charge in [0, 0.05) is 4.90 Å². The number of ether oxygens (including phenoxy) is 1. The predicted octanol–water partition coefficient (Wildman–Crippen LogP) is 4.31. The molecule has 0 saturated heterocycles. The molecular weight excluding hydrogens is 366 g/mol. The minimum Gasteiger partial charge on any atom is -0.462 e. The van der Waals surface area contributed by atoms with Crippen LogP contribution >= 0.6 is 11.8 Å². The normalized spacial score (nSPS) is 10.6. The van der Waals surface area contributed by atoms with E-state index >= 15 is 0 Å². The minimum atomic E-state index is -0.697. The molecule has 1 heterocycles. The Kier molecular flexibility index (Phi) is 6.85. The van der Waals surface area contributed by atoms with E-state index in [1.54, 1.807) is 13.8 Å². The van der Waals surface area contributed by atoms with E-state index in [0.717, 1.165) is 16.0 Å². The van der Waals surface area contributed by atoms with Crippen molar-refractivity contribution in [2.45, 2.75) is 39.5 Å². The van der Waals surface area contributed by atoms with Gasteiger partial charge in [-0.25, -0.2) is 4.79 Å². The number of aryl methyl sites for hydroxylation is 3. The van der Waals surface area contributed by atoms with E-state index in [0.29, 0.717) is 0 Å². The van der Waals surface area contributed by atoms with Crippen LogP contribution in [-0.4, -0.2) is 30.0 Å².